The van der Waals surface area contributed by atoms with Gasteiger partial charge in [0.25, 0.3) is 0 Å². The molecule has 1 amide bonds. The first-order valence-electron chi connectivity index (χ1n) is 7.52. The fraction of sp³-hybridized carbons (Fsp3) is 0.267. The van der Waals surface area contributed by atoms with E-state index in [1.807, 2.05) is 0 Å². The molecule has 1 aromatic carbocycles. The van der Waals surface area contributed by atoms with Crippen LogP contribution in [-0.4, -0.2) is 34.0 Å². The molecule has 8 nitrogen and oxygen atoms in total. The Morgan fingerprint density at radius 1 is 1.33 bits per heavy atom. The lowest BCUT2D eigenvalue weighted by Gasteiger charge is -2.12. The zero-order valence-electron chi connectivity index (χ0n) is 14.0. The van der Waals surface area contributed by atoms with Crippen LogP contribution in [0.25, 0.3) is 10.2 Å². The number of rotatable bonds is 4. The van der Waals surface area contributed by atoms with Gasteiger partial charge in [-0.05, 0) is 7.05 Å². The van der Waals surface area contributed by atoms with Gasteiger partial charge < -0.3 is 20.1 Å². The van der Waals surface area contributed by atoms with Crippen molar-refractivity contribution in [2.24, 2.45) is 7.05 Å². The number of thiazole rings is 1. The lowest BCUT2D eigenvalue weighted by atomic mass is 10.1. The molecule has 0 saturated heterocycles. The largest absolute Gasteiger partial charge is 0.586 e. The molecule has 2 aromatic heterocycles. The molecule has 2 N–H and O–H groups in total. The third kappa shape index (κ3) is 3.66. The number of hydrogen-bond acceptors (Lipinski definition) is 7. The van der Waals surface area contributed by atoms with Crippen molar-refractivity contribution in [3.05, 3.63) is 30.1 Å². The summed E-state index contributed by atoms with van der Waals surface area (Å²) >= 11 is 1.15. The maximum absolute atomic E-state index is 13.1. The second kappa shape index (κ2) is 6.91. The molecule has 3 heterocycles. The first-order chi connectivity index (χ1) is 12.3. The molecule has 4 rings (SSSR count). The number of carbonyl (C=O) groups is 1. The van der Waals surface area contributed by atoms with Crippen molar-refractivity contribution in [1.82, 2.24) is 20.1 Å². The van der Waals surface area contributed by atoms with E-state index in [0.717, 1.165) is 11.3 Å². The Labute approximate surface area is 161 Å². The highest BCUT2D eigenvalue weighted by atomic mass is 35.5. The molecule has 0 fully saturated rings. The molecule has 1 atom stereocenters. The highest BCUT2D eigenvalue weighted by Gasteiger charge is 2.43. The molecule has 1 aliphatic rings. The summed E-state index contributed by atoms with van der Waals surface area (Å²) in [6, 6.07) is 2.16. The Balaban J connectivity index is 0.00000210. The summed E-state index contributed by atoms with van der Waals surface area (Å²) in [7, 11) is 3.42. The summed E-state index contributed by atoms with van der Waals surface area (Å²) in [5.74, 6) is -0.465. The number of nitrogens with zero attached hydrogens (tertiary/aromatic N) is 3. The van der Waals surface area contributed by atoms with Gasteiger partial charge in [0.2, 0.25) is 5.91 Å². The minimum absolute atomic E-state index is 0. The first-order valence-corrected chi connectivity index (χ1v) is 8.33. The Morgan fingerprint density at radius 2 is 2.04 bits per heavy atom. The fourth-order valence-corrected chi connectivity index (χ4v) is 3.52. The van der Waals surface area contributed by atoms with Gasteiger partial charge in [0, 0.05) is 30.9 Å². The highest BCUT2D eigenvalue weighted by Crippen LogP contribution is 2.44. The lowest BCUT2D eigenvalue weighted by molar-refractivity contribution is -0.286. The first kappa shape index (κ1) is 19.3. The monoisotopic (exact) mass is 417 g/mol. The second-order valence-corrected chi connectivity index (χ2v) is 6.64. The molecular weight excluding hydrogens is 404 g/mol. The average Bonchev–Trinajstić information content (AvgIpc) is 3.20. The molecular formula is C15H14ClF2N5O3S. The van der Waals surface area contributed by atoms with Gasteiger partial charge in [-0.3, -0.25) is 9.48 Å². The van der Waals surface area contributed by atoms with E-state index in [2.05, 4.69) is 30.2 Å². The van der Waals surface area contributed by atoms with Crippen LogP contribution >= 0.6 is 23.7 Å². The summed E-state index contributed by atoms with van der Waals surface area (Å²) < 4.78 is 37.2. The van der Waals surface area contributed by atoms with Gasteiger partial charge in [-0.25, -0.2) is 4.98 Å². The molecule has 27 heavy (non-hydrogen) atoms. The van der Waals surface area contributed by atoms with Crippen molar-refractivity contribution >= 4 is 45.0 Å². The molecule has 3 aromatic rings. The number of hydrogen-bond donors (Lipinski definition) is 2. The molecule has 144 valence electrons. The number of ether oxygens (including phenoxy) is 2. The zero-order chi connectivity index (χ0) is 18.5. The van der Waals surface area contributed by atoms with Gasteiger partial charge in [0.15, 0.2) is 16.6 Å². The Morgan fingerprint density at radius 3 is 2.67 bits per heavy atom. The standard InChI is InChI=1S/C15H13F2N5O3S.ClH/c1-18-12(7-5-19-22(2)6-7)13(23)21-14-20-8-3-9-10(4-11(8)26-14)25-15(16,17)24-9;/h3-6,12,18H,1-2H3,(H,20,21,23);1H. The SMILES string of the molecule is CNC(C(=O)Nc1nc2cc3c(cc2s1)OC(F)(F)O3)c1cnn(C)c1.Cl. The van der Waals surface area contributed by atoms with E-state index in [9.17, 15) is 13.6 Å². The third-order valence-corrected chi connectivity index (χ3v) is 4.68. The number of nitrogens with one attached hydrogen (secondary N) is 2. The van der Waals surface area contributed by atoms with Crippen LogP contribution in [0.5, 0.6) is 11.5 Å². The summed E-state index contributed by atoms with van der Waals surface area (Å²) in [4.78, 5) is 16.8. The second-order valence-electron chi connectivity index (χ2n) is 5.61. The minimum Gasteiger partial charge on any atom is -0.395 e. The van der Waals surface area contributed by atoms with Crippen LogP contribution in [-0.2, 0) is 11.8 Å². The number of halogens is 3. The molecule has 0 saturated carbocycles. The van der Waals surface area contributed by atoms with E-state index in [1.165, 1.54) is 12.1 Å². The molecule has 0 spiro atoms. The van der Waals surface area contributed by atoms with Crippen molar-refractivity contribution in [3.8, 4) is 11.5 Å². The number of fused-ring (bicyclic) bond motifs is 2. The number of aromatic nitrogens is 3. The molecule has 12 heteroatoms. The van der Waals surface area contributed by atoms with E-state index in [4.69, 9.17) is 0 Å². The van der Waals surface area contributed by atoms with Crippen LogP contribution in [0.15, 0.2) is 24.5 Å². The number of benzene rings is 1. The molecule has 0 radical (unpaired) electrons. The van der Waals surface area contributed by atoms with Crippen molar-refractivity contribution < 1.29 is 23.0 Å². The van der Waals surface area contributed by atoms with Crippen LogP contribution in [0.1, 0.15) is 11.6 Å². The Hall–Kier alpha value is -2.50. The molecule has 0 bridgehead atoms. The topological polar surface area (TPSA) is 90.3 Å². The predicted octanol–water partition coefficient (Wildman–Crippen LogP) is 2.67. The van der Waals surface area contributed by atoms with Gasteiger partial charge >= 0.3 is 6.29 Å². The minimum atomic E-state index is -3.67. The van der Waals surface area contributed by atoms with E-state index in [-0.39, 0.29) is 29.8 Å². The van der Waals surface area contributed by atoms with Crippen molar-refractivity contribution in [1.29, 1.82) is 0 Å². The molecule has 1 aliphatic heterocycles. The zero-order valence-corrected chi connectivity index (χ0v) is 15.7. The van der Waals surface area contributed by atoms with Gasteiger partial charge in [0.1, 0.15) is 6.04 Å². The Bertz CT molecular complexity index is 964. The summed E-state index contributed by atoms with van der Waals surface area (Å²) in [6.07, 6.45) is -0.344. The third-order valence-electron chi connectivity index (χ3n) is 3.75. The Kier molecular flexibility index (Phi) is 4.93. The molecule has 0 aliphatic carbocycles. The maximum Gasteiger partial charge on any atom is 0.586 e. The quantitative estimate of drug-likeness (QED) is 0.678. The normalized spacial score (nSPS) is 15.4. The van der Waals surface area contributed by atoms with Gasteiger partial charge in [0.05, 0.1) is 16.4 Å². The number of likely N-dealkylation sites (N-methyl/N-ethyl adjacent to an activating group) is 1. The van der Waals surface area contributed by atoms with Crippen LogP contribution in [0, 0.1) is 0 Å². The van der Waals surface area contributed by atoms with Crippen molar-refractivity contribution in [2.75, 3.05) is 12.4 Å². The maximum atomic E-state index is 13.1. The van der Waals surface area contributed by atoms with E-state index < -0.39 is 12.3 Å². The number of aryl methyl sites for hydroxylation is 1. The predicted molar refractivity (Wildman–Crippen MR) is 96.7 cm³/mol. The fourth-order valence-electron chi connectivity index (χ4n) is 2.64. The van der Waals surface area contributed by atoms with Crippen LogP contribution < -0.4 is 20.1 Å². The van der Waals surface area contributed by atoms with Gasteiger partial charge in [-0.15, -0.1) is 21.2 Å². The number of alkyl halides is 2. The van der Waals surface area contributed by atoms with E-state index >= 15 is 0 Å². The van der Waals surface area contributed by atoms with Crippen LogP contribution in [0.4, 0.5) is 13.9 Å². The summed E-state index contributed by atoms with van der Waals surface area (Å²) in [5.41, 5.74) is 1.13. The van der Waals surface area contributed by atoms with E-state index in [1.54, 1.807) is 31.2 Å². The lowest BCUT2D eigenvalue weighted by Crippen LogP contribution is -2.30. The number of amides is 1. The number of anilines is 1. The average molecular weight is 418 g/mol. The van der Waals surface area contributed by atoms with Gasteiger partial charge in [-0.1, -0.05) is 11.3 Å². The van der Waals surface area contributed by atoms with Crippen molar-refractivity contribution in [3.63, 3.8) is 0 Å². The van der Waals surface area contributed by atoms with Crippen LogP contribution in [0.2, 0.25) is 0 Å². The van der Waals surface area contributed by atoms with Crippen LogP contribution in [0.3, 0.4) is 0 Å². The summed E-state index contributed by atoms with van der Waals surface area (Å²) in [6.45, 7) is 0. The smallest absolute Gasteiger partial charge is 0.395 e. The molecule has 1 unspecified atom stereocenters. The van der Waals surface area contributed by atoms with Crippen molar-refractivity contribution in [2.45, 2.75) is 12.3 Å². The van der Waals surface area contributed by atoms with Gasteiger partial charge in [-0.2, -0.15) is 5.10 Å². The number of carbonyl (C=O) groups excluding carboxylic acids is 1. The summed E-state index contributed by atoms with van der Waals surface area (Å²) in [5, 5.41) is 10.0. The highest BCUT2D eigenvalue weighted by molar-refractivity contribution is 7.22. The van der Waals surface area contributed by atoms with E-state index in [0.29, 0.717) is 20.9 Å².